The number of pyridine rings is 1. The van der Waals surface area contributed by atoms with Gasteiger partial charge in [-0.1, -0.05) is 19.3 Å². The lowest BCUT2D eigenvalue weighted by atomic mass is 9.89. The zero-order valence-corrected chi connectivity index (χ0v) is 19.9. The molecule has 3 fully saturated rings. The maximum atomic E-state index is 4.89. The van der Waals surface area contributed by atoms with Crippen molar-refractivity contribution < 1.29 is 0 Å². The first-order valence-corrected chi connectivity index (χ1v) is 13.0. The molecule has 0 spiro atoms. The molecule has 5 heterocycles. The monoisotopic (exact) mass is 461 g/mol. The summed E-state index contributed by atoms with van der Waals surface area (Å²) in [5.74, 6) is 4.10. The number of aromatic nitrogens is 5. The highest BCUT2D eigenvalue weighted by Crippen LogP contribution is 2.28. The first kappa shape index (κ1) is 21.6. The Balaban J connectivity index is 1.27. The Bertz CT molecular complexity index is 1110. The van der Waals surface area contributed by atoms with Crippen LogP contribution in [0.3, 0.4) is 0 Å². The molecule has 0 radical (unpaired) electrons. The molecular weight excluding hydrogens is 426 g/mol. The molecule has 2 N–H and O–H groups in total. The van der Waals surface area contributed by atoms with Crippen LogP contribution >= 0.6 is 0 Å². The van der Waals surface area contributed by atoms with Crippen LogP contribution in [-0.2, 0) is 6.54 Å². The largest absolute Gasteiger partial charge is 0.356 e. The fraction of sp³-hybridized carbons (Fsp3) is 0.600. The summed E-state index contributed by atoms with van der Waals surface area (Å²) in [4.78, 5) is 19.1. The van der Waals surface area contributed by atoms with Crippen LogP contribution in [0.1, 0.15) is 44.9 Å². The van der Waals surface area contributed by atoms with Crippen LogP contribution < -0.4 is 20.4 Å². The quantitative estimate of drug-likeness (QED) is 0.576. The summed E-state index contributed by atoms with van der Waals surface area (Å²) in [5.41, 5.74) is 1.13. The van der Waals surface area contributed by atoms with Crippen LogP contribution in [0.5, 0.6) is 0 Å². The third kappa shape index (κ3) is 4.66. The Morgan fingerprint density at radius 1 is 0.853 bits per heavy atom. The molecule has 3 aromatic heterocycles. The van der Waals surface area contributed by atoms with E-state index in [1.807, 2.05) is 12.4 Å². The second-order valence-corrected chi connectivity index (χ2v) is 9.92. The van der Waals surface area contributed by atoms with E-state index < -0.39 is 0 Å². The Kier molecular flexibility index (Phi) is 6.18. The summed E-state index contributed by atoms with van der Waals surface area (Å²) in [6, 6.07) is 4.25. The molecule has 6 rings (SSSR count). The van der Waals surface area contributed by atoms with Gasteiger partial charge in [0.05, 0.1) is 11.7 Å². The maximum Gasteiger partial charge on any atom is 0.232 e. The van der Waals surface area contributed by atoms with Gasteiger partial charge in [-0.3, -0.25) is 4.68 Å². The number of nitrogens with zero attached hydrogens (tertiary/aromatic N) is 7. The zero-order valence-electron chi connectivity index (χ0n) is 19.9. The summed E-state index contributed by atoms with van der Waals surface area (Å²) in [6.07, 6.45) is 13.0. The Morgan fingerprint density at radius 2 is 1.59 bits per heavy atom. The van der Waals surface area contributed by atoms with E-state index in [0.717, 1.165) is 80.1 Å². The van der Waals surface area contributed by atoms with Crippen molar-refractivity contribution >= 4 is 34.3 Å². The molecule has 0 amide bonds. The number of piperazine rings is 1. The third-order valence-electron chi connectivity index (χ3n) is 7.49. The van der Waals surface area contributed by atoms with Crippen molar-refractivity contribution in [2.75, 3.05) is 54.4 Å². The van der Waals surface area contributed by atoms with Gasteiger partial charge in [-0.15, -0.1) is 0 Å². The van der Waals surface area contributed by atoms with Gasteiger partial charge >= 0.3 is 0 Å². The zero-order chi connectivity index (χ0) is 22.7. The fourth-order valence-corrected chi connectivity index (χ4v) is 5.56. The lowest BCUT2D eigenvalue weighted by Gasteiger charge is -2.29. The van der Waals surface area contributed by atoms with Crippen LogP contribution in [0.15, 0.2) is 24.5 Å². The van der Waals surface area contributed by atoms with Gasteiger partial charge in [0.15, 0.2) is 0 Å². The van der Waals surface area contributed by atoms with E-state index >= 15 is 0 Å². The van der Waals surface area contributed by atoms with Crippen LogP contribution in [0, 0.1) is 5.92 Å². The normalized spacial score (nSPS) is 19.8. The standard InChI is InChI=1S/C25H35N9/c1-2-6-19(7-3-1)18-34-21-14-22(27-16-20(21)17-28-34)29-25-30-23(32-10-4-5-11-32)15-24(31-25)33-12-8-26-9-13-33/h14-17,19,26H,1-13,18H2,(H,27,29,30,31). The van der Waals surface area contributed by atoms with Crippen molar-refractivity contribution in [2.45, 2.75) is 51.5 Å². The van der Waals surface area contributed by atoms with Gasteiger partial charge in [0.2, 0.25) is 5.95 Å². The van der Waals surface area contributed by atoms with Crippen molar-refractivity contribution in [3.63, 3.8) is 0 Å². The molecule has 9 nitrogen and oxygen atoms in total. The number of fused-ring (bicyclic) bond motifs is 1. The minimum absolute atomic E-state index is 0.614. The van der Waals surface area contributed by atoms with E-state index in [0.29, 0.717) is 5.95 Å². The van der Waals surface area contributed by atoms with E-state index in [9.17, 15) is 0 Å². The molecule has 0 aromatic carbocycles. The highest BCUT2D eigenvalue weighted by atomic mass is 15.3. The smallest absolute Gasteiger partial charge is 0.232 e. The average molecular weight is 462 g/mol. The van der Waals surface area contributed by atoms with Gasteiger partial charge in [-0.05, 0) is 31.6 Å². The Morgan fingerprint density at radius 3 is 2.35 bits per heavy atom. The van der Waals surface area contributed by atoms with E-state index in [2.05, 4.69) is 47.3 Å². The number of hydrogen-bond acceptors (Lipinski definition) is 8. The number of rotatable bonds is 6. The summed E-state index contributed by atoms with van der Waals surface area (Å²) < 4.78 is 2.16. The Hall–Kier alpha value is -2.94. The lowest BCUT2D eigenvalue weighted by molar-refractivity contribution is 0.312. The second-order valence-electron chi connectivity index (χ2n) is 9.92. The summed E-state index contributed by atoms with van der Waals surface area (Å²) in [6.45, 7) is 6.98. The molecule has 34 heavy (non-hydrogen) atoms. The topological polar surface area (TPSA) is 87.0 Å². The molecule has 3 aliphatic rings. The van der Waals surface area contributed by atoms with Gasteiger partial charge in [0.25, 0.3) is 0 Å². The number of nitrogens with one attached hydrogen (secondary N) is 2. The van der Waals surface area contributed by atoms with Gasteiger partial charge < -0.3 is 20.4 Å². The van der Waals surface area contributed by atoms with Crippen LogP contribution in [0.4, 0.5) is 23.4 Å². The predicted octanol–water partition coefficient (Wildman–Crippen LogP) is 3.56. The van der Waals surface area contributed by atoms with E-state index in [1.54, 1.807) is 0 Å². The van der Waals surface area contributed by atoms with Crippen molar-refractivity contribution in [1.29, 1.82) is 0 Å². The van der Waals surface area contributed by atoms with Crippen LogP contribution in [-0.4, -0.2) is 64.0 Å². The highest BCUT2D eigenvalue weighted by Gasteiger charge is 2.20. The molecule has 0 bridgehead atoms. The number of hydrogen-bond donors (Lipinski definition) is 2. The van der Waals surface area contributed by atoms with Crippen molar-refractivity contribution in [3.05, 3.63) is 24.5 Å². The number of anilines is 4. The SMILES string of the molecule is c1c(N2CCCC2)nc(Nc2cc3c(cn2)cnn3CC2CCCCC2)nc1N1CCNCC1. The molecule has 2 aliphatic heterocycles. The molecule has 3 aromatic rings. The fourth-order valence-electron chi connectivity index (χ4n) is 5.56. The van der Waals surface area contributed by atoms with Gasteiger partial charge in [0, 0.05) is 69.5 Å². The minimum atomic E-state index is 0.614. The van der Waals surface area contributed by atoms with Crippen molar-refractivity contribution in [3.8, 4) is 0 Å². The van der Waals surface area contributed by atoms with Crippen LogP contribution in [0.25, 0.3) is 10.9 Å². The summed E-state index contributed by atoms with van der Waals surface area (Å²) >= 11 is 0. The molecule has 180 valence electrons. The molecular formula is C25H35N9. The van der Waals surface area contributed by atoms with Gasteiger partial charge in [-0.25, -0.2) is 4.98 Å². The van der Waals surface area contributed by atoms with Gasteiger partial charge in [0.1, 0.15) is 17.5 Å². The van der Waals surface area contributed by atoms with E-state index in [-0.39, 0.29) is 0 Å². The molecule has 2 saturated heterocycles. The first-order valence-electron chi connectivity index (χ1n) is 13.0. The van der Waals surface area contributed by atoms with Crippen molar-refractivity contribution in [1.82, 2.24) is 30.0 Å². The maximum absolute atomic E-state index is 4.89. The summed E-state index contributed by atoms with van der Waals surface area (Å²) in [5, 5.41) is 12.6. The summed E-state index contributed by atoms with van der Waals surface area (Å²) in [7, 11) is 0. The third-order valence-corrected chi connectivity index (χ3v) is 7.49. The molecule has 9 heteroatoms. The lowest BCUT2D eigenvalue weighted by Crippen LogP contribution is -2.44. The minimum Gasteiger partial charge on any atom is -0.356 e. The molecule has 1 aliphatic carbocycles. The van der Waals surface area contributed by atoms with Crippen LogP contribution in [0.2, 0.25) is 0 Å². The predicted molar refractivity (Wildman–Crippen MR) is 136 cm³/mol. The molecule has 1 saturated carbocycles. The second kappa shape index (κ2) is 9.74. The van der Waals surface area contributed by atoms with E-state index in [4.69, 9.17) is 9.97 Å². The van der Waals surface area contributed by atoms with E-state index in [1.165, 1.54) is 44.9 Å². The molecule has 0 atom stereocenters. The Labute approximate surface area is 201 Å². The van der Waals surface area contributed by atoms with Gasteiger partial charge in [-0.2, -0.15) is 15.1 Å². The van der Waals surface area contributed by atoms with Crippen molar-refractivity contribution in [2.24, 2.45) is 5.92 Å². The average Bonchev–Trinajstić information content (AvgIpc) is 3.56. The molecule has 0 unspecified atom stereocenters. The highest BCUT2D eigenvalue weighted by molar-refractivity contribution is 5.80. The first-order chi connectivity index (χ1) is 16.8.